The van der Waals surface area contributed by atoms with Gasteiger partial charge in [0.05, 0.1) is 0 Å². The molecule has 1 aliphatic heterocycles. The quantitative estimate of drug-likeness (QED) is 0.859. The van der Waals surface area contributed by atoms with Crippen LogP contribution in [0, 0.1) is 0 Å². The van der Waals surface area contributed by atoms with Gasteiger partial charge in [-0.25, -0.2) is 4.98 Å². The minimum absolute atomic E-state index is 0.819. The second-order valence-corrected chi connectivity index (χ2v) is 5.82. The summed E-state index contributed by atoms with van der Waals surface area (Å²) in [6.45, 7) is 3.93. The maximum atomic E-state index is 5.85. The molecular formula is C15H17BrN4. The molecule has 1 aliphatic rings. The zero-order valence-electron chi connectivity index (χ0n) is 11.2. The molecule has 0 aliphatic carbocycles. The van der Waals surface area contributed by atoms with E-state index in [2.05, 4.69) is 42.8 Å². The molecule has 2 N–H and O–H groups in total. The minimum Gasteiger partial charge on any atom is -0.399 e. The molecule has 0 unspecified atom stereocenters. The first-order chi connectivity index (χ1) is 9.72. The van der Waals surface area contributed by atoms with Gasteiger partial charge in [-0.15, -0.1) is 0 Å². The summed E-state index contributed by atoms with van der Waals surface area (Å²) in [5, 5.41) is 0. The van der Waals surface area contributed by atoms with E-state index in [4.69, 9.17) is 5.73 Å². The van der Waals surface area contributed by atoms with Crippen molar-refractivity contribution in [1.29, 1.82) is 0 Å². The number of nitrogens with zero attached hydrogens (tertiary/aromatic N) is 3. The van der Waals surface area contributed by atoms with E-state index in [1.165, 1.54) is 5.69 Å². The highest BCUT2D eigenvalue weighted by Gasteiger charge is 2.18. The molecule has 5 heteroatoms. The number of anilines is 3. The van der Waals surface area contributed by atoms with Crippen molar-refractivity contribution in [3.05, 3.63) is 47.1 Å². The third-order valence-electron chi connectivity index (χ3n) is 3.55. The van der Waals surface area contributed by atoms with Crippen LogP contribution in [0.25, 0.3) is 0 Å². The van der Waals surface area contributed by atoms with Crippen LogP contribution in [-0.2, 0) is 0 Å². The lowest BCUT2D eigenvalue weighted by atomic mass is 10.2. The van der Waals surface area contributed by atoms with Crippen molar-refractivity contribution in [3.63, 3.8) is 0 Å². The number of piperazine rings is 1. The van der Waals surface area contributed by atoms with Gasteiger partial charge in [0.1, 0.15) is 5.82 Å². The molecule has 0 radical (unpaired) electrons. The summed E-state index contributed by atoms with van der Waals surface area (Å²) in [5.41, 5.74) is 7.87. The standard InChI is InChI=1S/C15H17BrN4/c16-12-4-5-15(18-11-12)20-8-6-19(7-9-20)14-3-1-2-13(17)10-14/h1-5,10-11H,6-9,17H2. The minimum atomic E-state index is 0.819. The first-order valence-electron chi connectivity index (χ1n) is 6.69. The fraction of sp³-hybridized carbons (Fsp3) is 0.267. The molecule has 20 heavy (non-hydrogen) atoms. The van der Waals surface area contributed by atoms with E-state index in [1.54, 1.807) is 0 Å². The topological polar surface area (TPSA) is 45.4 Å². The Kier molecular flexibility index (Phi) is 3.78. The van der Waals surface area contributed by atoms with Crippen molar-refractivity contribution in [2.45, 2.75) is 0 Å². The monoisotopic (exact) mass is 332 g/mol. The van der Waals surface area contributed by atoms with Gasteiger partial charge >= 0.3 is 0 Å². The zero-order chi connectivity index (χ0) is 13.9. The molecule has 2 heterocycles. The number of aromatic nitrogens is 1. The Hall–Kier alpha value is -1.75. The van der Waals surface area contributed by atoms with Crippen LogP contribution in [-0.4, -0.2) is 31.2 Å². The Morgan fingerprint density at radius 2 is 1.75 bits per heavy atom. The highest BCUT2D eigenvalue weighted by atomic mass is 79.9. The lowest BCUT2D eigenvalue weighted by Crippen LogP contribution is -2.46. The highest BCUT2D eigenvalue weighted by molar-refractivity contribution is 9.10. The molecule has 3 rings (SSSR count). The second kappa shape index (κ2) is 5.71. The average molecular weight is 333 g/mol. The van der Waals surface area contributed by atoms with E-state index < -0.39 is 0 Å². The highest BCUT2D eigenvalue weighted by Crippen LogP contribution is 2.21. The molecule has 4 nitrogen and oxygen atoms in total. The van der Waals surface area contributed by atoms with Crippen LogP contribution < -0.4 is 15.5 Å². The van der Waals surface area contributed by atoms with Crippen molar-refractivity contribution >= 4 is 33.1 Å². The number of nitrogen functional groups attached to an aromatic ring is 1. The number of benzene rings is 1. The normalized spacial score (nSPS) is 15.4. The number of hydrogen-bond donors (Lipinski definition) is 1. The van der Waals surface area contributed by atoms with Crippen molar-refractivity contribution in [1.82, 2.24) is 4.98 Å². The summed E-state index contributed by atoms with van der Waals surface area (Å²) in [6, 6.07) is 12.2. The lowest BCUT2D eigenvalue weighted by Gasteiger charge is -2.36. The van der Waals surface area contributed by atoms with Crippen molar-refractivity contribution in [2.75, 3.05) is 41.7 Å². The fourth-order valence-corrected chi connectivity index (χ4v) is 2.70. The van der Waals surface area contributed by atoms with Gasteiger partial charge in [0.25, 0.3) is 0 Å². The Balaban J connectivity index is 1.66. The SMILES string of the molecule is Nc1cccc(N2CCN(c3ccc(Br)cn3)CC2)c1. The summed E-state index contributed by atoms with van der Waals surface area (Å²) in [4.78, 5) is 9.14. The Bertz CT molecular complexity index is 577. The Labute approximate surface area is 127 Å². The molecule has 0 atom stereocenters. The third kappa shape index (κ3) is 2.88. The molecule has 0 saturated carbocycles. The Morgan fingerprint density at radius 3 is 2.40 bits per heavy atom. The van der Waals surface area contributed by atoms with Crippen LogP contribution in [0.4, 0.5) is 17.2 Å². The molecule has 1 aromatic carbocycles. The largest absolute Gasteiger partial charge is 0.399 e. The predicted octanol–water partition coefficient (Wildman–Crippen LogP) is 2.75. The maximum absolute atomic E-state index is 5.85. The number of hydrogen-bond acceptors (Lipinski definition) is 4. The van der Waals surface area contributed by atoms with Gasteiger partial charge in [0.2, 0.25) is 0 Å². The molecule has 1 aromatic heterocycles. The van der Waals surface area contributed by atoms with E-state index in [1.807, 2.05) is 30.5 Å². The average Bonchev–Trinajstić information content (AvgIpc) is 2.48. The van der Waals surface area contributed by atoms with Gasteiger partial charge in [0, 0.05) is 48.2 Å². The van der Waals surface area contributed by atoms with Crippen LogP contribution in [0.3, 0.4) is 0 Å². The molecular weight excluding hydrogens is 316 g/mol. The number of halogens is 1. The van der Waals surface area contributed by atoms with E-state index in [0.29, 0.717) is 0 Å². The molecule has 0 amide bonds. The summed E-state index contributed by atoms with van der Waals surface area (Å²) in [7, 11) is 0. The molecule has 1 saturated heterocycles. The zero-order valence-corrected chi connectivity index (χ0v) is 12.8. The molecule has 0 bridgehead atoms. The van der Waals surface area contributed by atoms with Crippen molar-refractivity contribution in [3.8, 4) is 0 Å². The van der Waals surface area contributed by atoms with Gasteiger partial charge in [-0.3, -0.25) is 0 Å². The van der Waals surface area contributed by atoms with Crippen LogP contribution in [0.5, 0.6) is 0 Å². The maximum Gasteiger partial charge on any atom is 0.128 e. The third-order valence-corrected chi connectivity index (χ3v) is 4.02. The number of pyridine rings is 1. The molecule has 0 spiro atoms. The van der Waals surface area contributed by atoms with Crippen LogP contribution in [0.2, 0.25) is 0 Å². The van der Waals surface area contributed by atoms with Crippen LogP contribution in [0.1, 0.15) is 0 Å². The van der Waals surface area contributed by atoms with Crippen molar-refractivity contribution < 1.29 is 0 Å². The molecule has 2 aromatic rings. The molecule has 1 fully saturated rings. The summed E-state index contributed by atoms with van der Waals surface area (Å²) >= 11 is 3.42. The van der Waals surface area contributed by atoms with Crippen LogP contribution in [0.15, 0.2) is 47.1 Å². The van der Waals surface area contributed by atoms with Gasteiger partial charge in [-0.1, -0.05) is 6.07 Å². The fourth-order valence-electron chi connectivity index (χ4n) is 2.47. The van der Waals surface area contributed by atoms with E-state index in [-0.39, 0.29) is 0 Å². The lowest BCUT2D eigenvalue weighted by molar-refractivity contribution is 0.647. The van der Waals surface area contributed by atoms with E-state index in [9.17, 15) is 0 Å². The van der Waals surface area contributed by atoms with Gasteiger partial charge < -0.3 is 15.5 Å². The number of rotatable bonds is 2. The first-order valence-corrected chi connectivity index (χ1v) is 7.49. The van der Waals surface area contributed by atoms with E-state index in [0.717, 1.165) is 42.2 Å². The predicted molar refractivity (Wildman–Crippen MR) is 87.2 cm³/mol. The van der Waals surface area contributed by atoms with Gasteiger partial charge in [0.15, 0.2) is 0 Å². The van der Waals surface area contributed by atoms with Crippen molar-refractivity contribution in [2.24, 2.45) is 0 Å². The summed E-state index contributed by atoms with van der Waals surface area (Å²) < 4.78 is 1.01. The molecule has 104 valence electrons. The summed E-state index contributed by atoms with van der Waals surface area (Å²) in [6.07, 6.45) is 1.85. The van der Waals surface area contributed by atoms with E-state index >= 15 is 0 Å². The smallest absolute Gasteiger partial charge is 0.128 e. The van der Waals surface area contributed by atoms with Crippen LogP contribution >= 0.6 is 15.9 Å². The van der Waals surface area contributed by atoms with Gasteiger partial charge in [-0.05, 0) is 46.3 Å². The Morgan fingerprint density at radius 1 is 1.00 bits per heavy atom. The summed E-state index contributed by atoms with van der Waals surface area (Å²) in [5.74, 6) is 1.04. The first kappa shape index (κ1) is 13.2. The second-order valence-electron chi connectivity index (χ2n) is 4.90. The number of nitrogens with two attached hydrogens (primary N) is 1. The van der Waals surface area contributed by atoms with Gasteiger partial charge in [-0.2, -0.15) is 0 Å².